The van der Waals surface area contributed by atoms with E-state index >= 15 is 0 Å². The van der Waals surface area contributed by atoms with E-state index in [0.717, 1.165) is 17.3 Å². The van der Waals surface area contributed by atoms with Gasteiger partial charge in [-0.05, 0) is 25.1 Å². The fraction of sp³-hybridized carbons (Fsp3) is 0.636. The SMILES string of the molecule is CNC(CSCc1ccco1)C(C)C. The minimum atomic E-state index is 0.593. The molecule has 0 aromatic carbocycles. The highest BCUT2D eigenvalue weighted by molar-refractivity contribution is 7.98. The van der Waals surface area contributed by atoms with Gasteiger partial charge in [-0.25, -0.2) is 0 Å². The van der Waals surface area contributed by atoms with E-state index in [2.05, 4.69) is 19.2 Å². The van der Waals surface area contributed by atoms with Crippen LogP contribution in [0.5, 0.6) is 0 Å². The lowest BCUT2D eigenvalue weighted by Crippen LogP contribution is -2.32. The van der Waals surface area contributed by atoms with Crippen LogP contribution in [0.1, 0.15) is 19.6 Å². The Morgan fingerprint density at radius 2 is 2.29 bits per heavy atom. The monoisotopic (exact) mass is 213 g/mol. The predicted molar refractivity (Wildman–Crippen MR) is 62.6 cm³/mol. The standard InChI is InChI=1S/C11H19NOS/c1-9(2)11(12-3)8-14-7-10-5-4-6-13-10/h4-6,9,11-12H,7-8H2,1-3H3. The van der Waals surface area contributed by atoms with E-state index in [0.29, 0.717) is 12.0 Å². The van der Waals surface area contributed by atoms with Crippen molar-refractivity contribution in [2.24, 2.45) is 5.92 Å². The van der Waals surface area contributed by atoms with Crippen molar-refractivity contribution in [3.8, 4) is 0 Å². The van der Waals surface area contributed by atoms with Gasteiger partial charge in [0.2, 0.25) is 0 Å². The summed E-state index contributed by atoms with van der Waals surface area (Å²) in [5.74, 6) is 3.85. The maximum absolute atomic E-state index is 5.27. The Balaban J connectivity index is 2.20. The molecular weight excluding hydrogens is 194 g/mol. The van der Waals surface area contributed by atoms with E-state index in [4.69, 9.17) is 4.42 Å². The van der Waals surface area contributed by atoms with E-state index in [1.807, 2.05) is 30.9 Å². The van der Waals surface area contributed by atoms with Crippen LogP contribution in [0.4, 0.5) is 0 Å². The maximum Gasteiger partial charge on any atom is 0.113 e. The summed E-state index contributed by atoms with van der Waals surface area (Å²) in [6, 6.07) is 4.56. The molecule has 0 bridgehead atoms. The summed E-state index contributed by atoms with van der Waals surface area (Å²) < 4.78 is 5.27. The van der Waals surface area contributed by atoms with E-state index in [9.17, 15) is 0 Å². The number of hydrogen-bond donors (Lipinski definition) is 1. The number of hydrogen-bond acceptors (Lipinski definition) is 3. The van der Waals surface area contributed by atoms with Gasteiger partial charge in [-0.2, -0.15) is 11.8 Å². The van der Waals surface area contributed by atoms with Crippen molar-refractivity contribution in [1.29, 1.82) is 0 Å². The van der Waals surface area contributed by atoms with Crippen LogP contribution in [0.2, 0.25) is 0 Å². The van der Waals surface area contributed by atoms with Gasteiger partial charge < -0.3 is 9.73 Å². The molecule has 1 rings (SSSR count). The van der Waals surface area contributed by atoms with Gasteiger partial charge in [0.25, 0.3) is 0 Å². The summed E-state index contributed by atoms with van der Waals surface area (Å²) >= 11 is 1.92. The van der Waals surface area contributed by atoms with Crippen LogP contribution in [-0.4, -0.2) is 18.8 Å². The summed E-state index contributed by atoms with van der Waals surface area (Å²) in [5.41, 5.74) is 0. The molecule has 1 atom stereocenters. The Labute approximate surface area is 90.5 Å². The first-order valence-electron chi connectivity index (χ1n) is 5.01. The molecular formula is C11H19NOS. The molecule has 0 fully saturated rings. The lowest BCUT2D eigenvalue weighted by molar-refractivity contribution is 0.465. The molecule has 1 aromatic heterocycles. The summed E-state index contributed by atoms with van der Waals surface area (Å²) in [6.45, 7) is 4.49. The van der Waals surface area contributed by atoms with E-state index in [1.165, 1.54) is 0 Å². The van der Waals surface area contributed by atoms with Crippen LogP contribution in [0.15, 0.2) is 22.8 Å². The van der Waals surface area contributed by atoms with Crippen molar-refractivity contribution in [2.75, 3.05) is 12.8 Å². The average Bonchev–Trinajstić information content (AvgIpc) is 2.64. The largest absolute Gasteiger partial charge is 0.468 e. The van der Waals surface area contributed by atoms with Gasteiger partial charge >= 0.3 is 0 Å². The molecule has 0 aliphatic carbocycles. The Morgan fingerprint density at radius 1 is 1.50 bits per heavy atom. The Hall–Kier alpha value is -0.410. The molecule has 1 unspecified atom stereocenters. The summed E-state index contributed by atoms with van der Waals surface area (Å²) in [4.78, 5) is 0. The van der Waals surface area contributed by atoms with Gasteiger partial charge in [0.1, 0.15) is 5.76 Å². The van der Waals surface area contributed by atoms with Crippen molar-refractivity contribution in [2.45, 2.75) is 25.6 Å². The van der Waals surface area contributed by atoms with Crippen molar-refractivity contribution in [3.05, 3.63) is 24.2 Å². The first-order chi connectivity index (χ1) is 6.74. The second-order valence-electron chi connectivity index (χ2n) is 3.73. The number of rotatable bonds is 6. The Kier molecular flexibility index (Phi) is 5.12. The Bertz CT molecular complexity index is 233. The zero-order chi connectivity index (χ0) is 10.4. The van der Waals surface area contributed by atoms with E-state index in [1.54, 1.807) is 6.26 Å². The minimum Gasteiger partial charge on any atom is -0.468 e. The van der Waals surface area contributed by atoms with Crippen LogP contribution in [-0.2, 0) is 5.75 Å². The van der Waals surface area contributed by atoms with E-state index < -0.39 is 0 Å². The molecule has 0 saturated carbocycles. The topological polar surface area (TPSA) is 25.2 Å². The molecule has 0 aliphatic heterocycles. The Morgan fingerprint density at radius 3 is 2.79 bits per heavy atom. The van der Waals surface area contributed by atoms with Crippen LogP contribution in [0, 0.1) is 5.92 Å². The molecule has 1 N–H and O–H groups in total. The highest BCUT2D eigenvalue weighted by atomic mass is 32.2. The van der Waals surface area contributed by atoms with Crippen LogP contribution < -0.4 is 5.32 Å². The number of furan rings is 1. The fourth-order valence-corrected chi connectivity index (χ4v) is 2.58. The lowest BCUT2D eigenvalue weighted by Gasteiger charge is -2.19. The lowest BCUT2D eigenvalue weighted by atomic mass is 10.1. The van der Waals surface area contributed by atoms with Gasteiger partial charge in [-0.3, -0.25) is 0 Å². The van der Waals surface area contributed by atoms with Crippen LogP contribution >= 0.6 is 11.8 Å². The van der Waals surface area contributed by atoms with Crippen LogP contribution in [0.25, 0.3) is 0 Å². The molecule has 0 saturated heterocycles. The molecule has 0 radical (unpaired) electrons. The maximum atomic E-state index is 5.27. The third kappa shape index (κ3) is 3.76. The number of nitrogens with one attached hydrogen (secondary N) is 1. The first-order valence-corrected chi connectivity index (χ1v) is 6.17. The highest BCUT2D eigenvalue weighted by Crippen LogP contribution is 2.15. The molecule has 2 nitrogen and oxygen atoms in total. The summed E-state index contributed by atoms with van der Waals surface area (Å²) in [6.07, 6.45) is 1.73. The molecule has 0 aliphatic rings. The number of thioether (sulfide) groups is 1. The smallest absolute Gasteiger partial charge is 0.113 e. The molecule has 80 valence electrons. The van der Waals surface area contributed by atoms with Crippen molar-refractivity contribution >= 4 is 11.8 Å². The third-order valence-corrected chi connectivity index (χ3v) is 3.38. The molecule has 1 heterocycles. The molecule has 14 heavy (non-hydrogen) atoms. The third-order valence-electron chi connectivity index (χ3n) is 2.30. The second kappa shape index (κ2) is 6.14. The predicted octanol–water partition coefficient (Wildman–Crippen LogP) is 2.76. The molecule has 0 amide bonds. The van der Waals surface area contributed by atoms with Crippen LogP contribution in [0.3, 0.4) is 0 Å². The van der Waals surface area contributed by atoms with Crippen molar-refractivity contribution < 1.29 is 4.42 Å². The van der Waals surface area contributed by atoms with Gasteiger partial charge in [0.05, 0.1) is 12.0 Å². The van der Waals surface area contributed by atoms with Crippen molar-refractivity contribution in [1.82, 2.24) is 5.32 Å². The summed E-state index contributed by atoms with van der Waals surface area (Å²) in [5, 5.41) is 3.33. The molecule has 3 heteroatoms. The summed E-state index contributed by atoms with van der Waals surface area (Å²) in [7, 11) is 2.03. The van der Waals surface area contributed by atoms with Gasteiger partial charge in [0.15, 0.2) is 0 Å². The molecule has 1 aromatic rings. The zero-order valence-corrected chi connectivity index (χ0v) is 9.93. The van der Waals surface area contributed by atoms with Gasteiger partial charge in [0, 0.05) is 11.8 Å². The zero-order valence-electron chi connectivity index (χ0n) is 9.12. The van der Waals surface area contributed by atoms with Gasteiger partial charge in [-0.1, -0.05) is 13.8 Å². The van der Waals surface area contributed by atoms with Crippen molar-refractivity contribution in [3.63, 3.8) is 0 Å². The van der Waals surface area contributed by atoms with Gasteiger partial charge in [-0.15, -0.1) is 0 Å². The molecule has 0 spiro atoms. The second-order valence-corrected chi connectivity index (χ2v) is 4.76. The normalized spacial score (nSPS) is 13.4. The highest BCUT2D eigenvalue weighted by Gasteiger charge is 2.10. The average molecular weight is 213 g/mol. The fourth-order valence-electron chi connectivity index (χ4n) is 1.29. The quantitative estimate of drug-likeness (QED) is 0.786. The van der Waals surface area contributed by atoms with E-state index in [-0.39, 0.29) is 0 Å². The first kappa shape index (κ1) is 11.7. The minimum absolute atomic E-state index is 0.593.